The highest BCUT2D eigenvalue weighted by Gasteiger charge is 2.32. The highest BCUT2D eigenvalue weighted by molar-refractivity contribution is 5.83. The lowest BCUT2D eigenvalue weighted by molar-refractivity contribution is -0.140. The number of carbonyl (C=O) groups excluding carboxylic acids is 1. The highest BCUT2D eigenvalue weighted by Crippen LogP contribution is 2.32. The van der Waals surface area contributed by atoms with Crippen LogP contribution in [0.5, 0.6) is 5.75 Å². The molecule has 4 aromatic rings. The van der Waals surface area contributed by atoms with E-state index in [0.717, 1.165) is 35.4 Å². The number of oxazole rings is 1. The lowest BCUT2D eigenvalue weighted by atomic mass is 9.96. The average Bonchev–Trinajstić information content (AvgIpc) is 3.28. The zero-order valence-corrected chi connectivity index (χ0v) is 17.2. The largest absolute Gasteiger partial charge is 0.476 e. The van der Waals surface area contributed by atoms with Gasteiger partial charge in [0.2, 0.25) is 6.10 Å². The van der Waals surface area contributed by atoms with Gasteiger partial charge in [0, 0.05) is 24.6 Å². The van der Waals surface area contributed by atoms with Gasteiger partial charge in [-0.2, -0.15) is 0 Å². The van der Waals surface area contributed by atoms with Gasteiger partial charge in [0.15, 0.2) is 11.5 Å². The Labute approximate surface area is 181 Å². The molecule has 1 saturated heterocycles. The van der Waals surface area contributed by atoms with Gasteiger partial charge in [-0.25, -0.2) is 4.98 Å². The van der Waals surface area contributed by atoms with Gasteiger partial charge in [-0.3, -0.25) is 4.79 Å². The maximum Gasteiger partial charge on any atom is 0.268 e. The number of piperidine rings is 1. The summed E-state index contributed by atoms with van der Waals surface area (Å²) in [5, 5.41) is 0. The zero-order valence-electron chi connectivity index (χ0n) is 17.2. The number of hydrogen-bond donors (Lipinski definition) is 0. The van der Waals surface area contributed by atoms with Gasteiger partial charge in [-0.15, -0.1) is 0 Å². The number of nitrogens with zero attached hydrogens (tertiary/aromatic N) is 2. The van der Waals surface area contributed by atoms with Crippen molar-refractivity contribution in [2.75, 3.05) is 13.1 Å². The monoisotopic (exact) mass is 412 g/mol. The first-order valence-corrected chi connectivity index (χ1v) is 10.7. The van der Waals surface area contributed by atoms with Gasteiger partial charge in [0.05, 0.1) is 0 Å². The zero-order chi connectivity index (χ0) is 21.0. The fraction of sp³-hybridized carbons (Fsp3) is 0.231. The van der Waals surface area contributed by atoms with Gasteiger partial charge in [0.1, 0.15) is 11.3 Å². The van der Waals surface area contributed by atoms with E-state index in [4.69, 9.17) is 9.15 Å². The summed E-state index contributed by atoms with van der Waals surface area (Å²) in [6.45, 7) is 1.31. The number of likely N-dealkylation sites (tertiary alicyclic amines) is 1. The second kappa shape index (κ2) is 8.64. The summed E-state index contributed by atoms with van der Waals surface area (Å²) in [6.07, 6.45) is 0.987. The van der Waals surface area contributed by atoms with Crippen LogP contribution in [0.2, 0.25) is 0 Å². The SMILES string of the molecule is O=C(C(Oc1ccccc1)c1ccccc1)N1CCC(c2nc3ccccc3o2)CC1. The predicted octanol–water partition coefficient (Wildman–Crippen LogP) is 5.35. The van der Waals surface area contributed by atoms with Crippen LogP contribution in [0.25, 0.3) is 11.1 Å². The molecule has 5 nitrogen and oxygen atoms in total. The molecule has 0 spiro atoms. The highest BCUT2D eigenvalue weighted by atomic mass is 16.5. The smallest absolute Gasteiger partial charge is 0.268 e. The molecule has 1 amide bonds. The summed E-state index contributed by atoms with van der Waals surface area (Å²) in [7, 11) is 0. The molecule has 1 fully saturated rings. The first kappa shape index (κ1) is 19.4. The number of rotatable bonds is 5. The van der Waals surface area contributed by atoms with Crippen LogP contribution in [-0.4, -0.2) is 28.9 Å². The summed E-state index contributed by atoms with van der Waals surface area (Å²) in [5.41, 5.74) is 2.56. The molecule has 1 aliphatic rings. The predicted molar refractivity (Wildman–Crippen MR) is 119 cm³/mol. The van der Waals surface area contributed by atoms with Crippen molar-refractivity contribution in [3.05, 3.63) is 96.4 Å². The van der Waals surface area contributed by atoms with Gasteiger partial charge < -0.3 is 14.1 Å². The second-order valence-corrected chi connectivity index (χ2v) is 7.84. The lowest BCUT2D eigenvalue weighted by Gasteiger charge is -2.33. The quantitative estimate of drug-likeness (QED) is 0.443. The number of benzene rings is 3. The first-order valence-electron chi connectivity index (χ1n) is 10.7. The summed E-state index contributed by atoms with van der Waals surface area (Å²) < 4.78 is 12.1. The third-order valence-corrected chi connectivity index (χ3v) is 5.79. The van der Waals surface area contributed by atoms with E-state index in [9.17, 15) is 4.79 Å². The Morgan fingerprint density at radius 2 is 1.55 bits per heavy atom. The normalized spacial score (nSPS) is 15.7. The van der Waals surface area contributed by atoms with Gasteiger partial charge in [0.25, 0.3) is 5.91 Å². The number of ether oxygens (including phenoxy) is 1. The van der Waals surface area contributed by atoms with E-state index in [2.05, 4.69) is 4.98 Å². The molecule has 0 bridgehead atoms. The Morgan fingerprint density at radius 3 is 2.26 bits per heavy atom. The Balaban J connectivity index is 1.31. The maximum atomic E-state index is 13.4. The van der Waals surface area contributed by atoms with Crippen LogP contribution in [-0.2, 0) is 4.79 Å². The lowest BCUT2D eigenvalue weighted by Crippen LogP contribution is -2.42. The molecule has 31 heavy (non-hydrogen) atoms. The first-order chi connectivity index (χ1) is 15.3. The number of hydrogen-bond acceptors (Lipinski definition) is 4. The van der Waals surface area contributed by atoms with Crippen molar-refractivity contribution in [3.8, 4) is 5.75 Å². The van der Waals surface area contributed by atoms with Gasteiger partial charge in [-0.05, 0) is 37.1 Å². The van der Waals surface area contributed by atoms with E-state index in [1.165, 1.54) is 0 Å². The molecule has 3 aromatic carbocycles. The number of fused-ring (bicyclic) bond motifs is 1. The van der Waals surface area contributed by atoms with Crippen LogP contribution < -0.4 is 4.74 Å². The summed E-state index contributed by atoms with van der Waals surface area (Å²) in [4.78, 5) is 20.0. The molecule has 0 radical (unpaired) electrons. The third kappa shape index (κ3) is 4.17. The summed E-state index contributed by atoms with van der Waals surface area (Å²) in [6, 6.07) is 27.0. The number of amides is 1. The van der Waals surface area contributed by atoms with Crippen molar-refractivity contribution in [2.45, 2.75) is 24.9 Å². The Bertz CT molecular complexity index is 1120. The summed E-state index contributed by atoms with van der Waals surface area (Å²) in [5.74, 6) is 1.67. The van der Waals surface area contributed by atoms with E-state index in [1.54, 1.807) is 0 Å². The molecular formula is C26H24N2O3. The molecule has 5 heteroatoms. The Morgan fingerprint density at radius 1 is 0.903 bits per heavy atom. The van der Waals surface area contributed by atoms with Crippen molar-refractivity contribution in [1.82, 2.24) is 9.88 Å². The number of carbonyl (C=O) groups is 1. The average molecular weight is 412 g/mol. The molecule has 1 aliphatic heterocycles. The van der Waals surface area contributed by atoms with Crippen LogP contribution in [0.3, 0.4) is 0 Å². The second-order valence-electron chi connectivity index (χ2n) is 7.84. The van der Waals surface area contributed by atoms with Crippen molar-refractivity contribution >= 4 is 17.0 Å². The number of aromatic nitrogens is 1. The van der Waals surface area contributed by atoms with Gasteiger partial charge >= 0.3 is 0 Å². The standard InChI is InChI=1S/C26H24N2O3/c29-26(24(19-9-3-1-4-10-19)30-21-11-5-2-6-12-21)28-17-15-20(16-18-28)25-27-22-13-7-8-14-23(22)31-25/h1-14,20,24H,15-18H2. The minimum Gasteiger partial charge on any atom is -0.476 e. The van der Waals surface area contributed by atoms with Crippen molar-refractivity contribution in [2.24, 2.45) is 0 Å². The van der Waals surface area contributed by atoms with Crippen LogP contribution >= 0.6 is 0 Å². The minimum atomic E-state index is -0.663. The molecule has 1 aromatic heterocycles. The third-order valence-electron chi connectivity index (χ3n) is 5.79. The molecule has 1 atom stereocenters. The van der Waals surface area contributed by atoms with E-state index >= 15 is 0 Å². The van der Waals surface area contributed by atoms with E-state index in [1.807, 2.05) is 89.8 Å². The van der Waals surface area contributed by atoms with Crippen LogP contribution in [0.15, 0.2) is 89.3 Å². The molecular weight excluding hydrogens is 388 g/mol. The maximum absolute atomic E-state index is 13.4. The molecule has 0 N–H and O–H groups in total. The van der Waals surface area contributed by atoms with Crippen LogP contribution in [0, 0.1) is 0 Å². The molecule has 0 saturated carbocycles. The molecule has 0 aliphatic carbocycles. The molecule has 156 valence electrons. The fourth-order valence-electron chi connectivity index (χ4n) is 4.10. The topological polar surface area (TPSA) is 55.6 Å². The fourth-order valence-corrected chi connectivity index (χ4v) is 4.10. The molecule has 2 heterocycles. The Hall–Kier alpha value is -3.60. The van der Waals surface area contributed by atoms with E-state index in [-0.39, 0.29) is 11.8 Å². The molecule has 5 rings (SSSR count). The Kier molecular flexibility index (Phi) is 5.40. The van der Waals surface area contributed by atoms with Gasteiger partial charge in [-0.1, -0.05) is 60.7 Å². The van der Waals surface area contributed by atoms with E-state index < -0.39 is 6.10 Å². The summed E-state index contributed by atoms with van der Waals surface area (Å²) >= 11 is 0. The van der Waals surface area contributed by atoms with Crippen LogP contribution in [0.1, 0.15) is 36.3 Å². The van der Waals surface area contributed by atoms with Crippen LogP contribution in [0.4, 0.5) is 0 Å². The van der Waals surface area contributed by atoms with Crippen molar-refractivity contribution in [1.29, 1.82) is 0 Å². The van der Waals surface area contributed by atoms with E-state index in [0.29, 0.717) is 18.8 Å². The minimum absolute atomic E-state index is 0.00827. The van der Waals surface area contributed by atoms with Crippen molar-refractivity contribution < 1.29 is 13.9 Å². The number of para-hydroxylation sites is 3. The molecule has 1 unspecified atom stereocenters. The van der Waals surface area contributed by atoms with Crippen molar-refractivity contribution in [3.63, 3.8) is 0 Å².